The van der Waals surface area contributed by atoms with Gasteiger partial charge in [-0.1, -0.05) is 25.7 Å². The molecule has 1 aliphatic carbocycles. The van der Waals surface area contributed by atoms with Gasteiger partial charge in [0, 0.05) is 0 Å². The van der Waals surface area contributed by atoms with Crippen LogP contribution in [0, 0.1) is 23.2 Å². The van der Waals surface area contributed by atoms with E-state index < -0.39 is 6.10 Å². The molecule has 12 heavy (non-hydrogen) atoms. The van der Waals surface area contributed by atoms with Crippen molar-refractivity contribution in [2.24, 2.45) is 11.8 Å². The first-order valence-electron chi connectivity index (χ1n) is 4.81. The summed E-state index contributed by atoms with van der Waals surface area (Å²) in [5.74, 6) is 0.474. The Morgan fingerprint density at radius 1 is 1.50 bits per heavy atom. The smallest absolute Gasteiger partial charge is 0.0698 e. The second kappa shape index (κ2) is 4.47. The van der Waals surface area contributed by atoms with Crippen LogP contribution in [0.1, 0.15) is 39.0 Å². The van der Waals surface area contributed by atoms with Crippen LogP contribution < -0.4 is 0 Å². The molecule has 0 radical (unpaired) electrons. The molecule has 0 aromatic rings. The number of hydrogen-bond donors (Lipinski definition) is 1. The third-order valence-corrected chi connectivity index (χ3v) is 2.83. The summed E-state index contributed by atoms with van der Waals surface area (Å²) < 4.78 is 0. The molecule has 0 aromatic carbocycles. The van der Waals surface area contributed by atoms with Gasteiger partial charge in [0.25, 0.3) is 0 Å². The molecule has 2 unspecified atom stereocenters. The predicted molar refractivity (Wildman–Crippen MR) is 47.4 cm³/mol. The van der Waals surface area contributed by atoms with Gasteiger partial charge in [-0.15, -0.1) is 0 Å². The van der Waals surface area contributed by atoms with Crippen molar-refractivity contribution in [3.63, 3.8) is 0 Å². The minimum absolute atomic E-state index is 0.203. The van der Waals surface area contributed by atoms with Crippen molar-refractivity contribution in [2.45, 2.75) is 45.1 Å². The van der Waals surface area contributed by atoms with Crippen molar-refractivity contribution < 1.29 is 5.11 Å². The number of hydrogen-bond acceptors (Lipinski definition) is 2. The fourth-order valence-corrected chi connectivity index (χ4v) is 1.88. The monoisotopic (exact) mass is 167 g/mol. The molecule has 1 saturated carbocycles. The Labute approximate surface area is 74.2 Å². The predicted octanol–water partition coefficient (Wildman–Crippen LogP) is 2.09. The maximum Gasteiger partial charge on any atom is 0.0698 e. The molecule has 0 heterocycles. The summed E-state index contributed by atoms with van der Waals surface area (Å²) in [6, 6.07) is 2.09. The van der Waals surface area contributed by atoms with Gasteiger partial charge in [-0.25, -0.2) is 0 Å². The molecular weight excluding hydrogens is 150 g/mol. The highest BCUT2D eigenvalue weighted by atomic mass is 16.3. The minimum Gasteiger partial charge on any atom is -0.392 e. The van der Waals surface area contributed by atoms with Crippen LogP contribution in [0.25, 0.3) is 0 Å². The molecule has 1 aliphatic rings. The summed E-state index contributed by atoms with van der Waals surface area (Å²) in [6.45, 7) is 1.79. The Morgan fingerprint density at radius 2 is 2.08 bits per heavy atom. The molecular formula is C10H17NO. The highest BCUT2D eigenvalue weighted by Crippen LogP contribution is 2.29. The van der Waals surface area contributed by atoms with Gasteiger partial charge >= 0.3 is 0 Å². The van der Waals surface area contributed by atoms with Crippen molar-refractivity contribution in [2.75, 3.05) is 0 Å². The van der Waals surface area contributed by atoms with Gasteiger partial charge in [0.05, 0.1) is 18.1 Å². The van der Waals surface area contributed by atoms with E-state index in [0.29, 0.717) is 5.92 Å². The van der Waals surface area contributed by atoms with Crippen LogP contribution in [0.2, 0.25) is 0 Å². The molecule has 2 heteroatoms. The first kappa shape index (κ1) is 9.54. The fourth-order valence-electron chi connectivity index (χ4n) is 1.88. The van der Waals surface area contributed by atoms with Crippen molar-refractivity contribution in [1.82, 2.24) is 0 Å². The van der Waals surface area contributed by atoms with Crippen LogP contribution in [-0.2, 0) is 0 Å². The molecule has 0 aromatic heterocycles. The van der Waals surface area contributed by atoms with Gasteiger partial charge in [-0.05, 0) is 19.3 Å². The third kappa shape index (κ3) is 2.49. The summed E-state index contributed by atoms with van der Waals surface area (Å²) in [5.41, 5.74) is 0. The standard InChI is InChI=1S/C10H17NO/c1-8(7-11)10(12)6-9-4-2-3-5-9/h8-10,12H,2-6H2,1H3. The first-order chi connectivity index (χ1) is 5.74. The van der Waals surface area contributed by atoms with Crippen LogP contribution in [0.3, 0.4) is 0 Å². The molecule has 68 valence electrons. The summed E-state index contributed by atoms with van der Waals surface area (Å²) in [4.78, 5) is 0. The number of aliphatic hydroxyl groups is 1. The zero-order valence-corrected chi connectivity index (χ0v) is 7.66. The Balaban J connectivity index is 2.25. The lowest BCUT2D eigenvalue weighted by Gasteiger charge is -2.16. The van der Waals surface area contributed by atoms with Gasteiger partial charge in [0.1, 0.15) is 0 Å². The molecule has 0 amide bonds. The largest absolute Gasteiger partial charge is 0.392 e. The molecule has 1 rings (SSSR count). The van der Waals surface area contributed by atoms with Crippen LogP contribution in [0.5, 0.6) is 0 Å². The Bertz CT molecular complexity index is 167. The maximum atomic E-state index is 9.56. The molecule has 0 saturated heterocycles. The number of nitriles is 1. The van der Waals surface area contributed by atoms with Gasteiger partial charge < -0.3 is 5.11 Å². The molecule has 1 fully saturated rings. The van der Waals surface area contributed by atoms with E-state index in [9.17, 15) is 5.11 Å². The molecule has 0 bridgehead atoms. The lowest BCUT2D eigenvalue weighted by Crippen LogP contribution is -2.19. The van der Waals surface area contributed by atoms with E-state index in [1.165, 1.54) is 25.7 Å². The molecule has 0 aliphatic heterocycles. The minimum atomic E-state index is -0.405. The summed E-state index contributed by atoms with van der Waals surface area (Å²) in [7, 11) is 0. The SMILES string of the molecule is CC(C#N)C(O)CC1CCCC1. The fraction of sp³-hybridized carbons (Fsp3) is 0.900. The van der Waals surface area contributed by atoms with E-state index >= 15 is 0 Å². The van der Waals surface area contributed by atoms with Crippen LogP contribution in [-0.4, -0.2) is 11.2 Å². The zero-order valence-electron chi connectivity index (χ0n) is 7.66. The second-order valence-corrected chi connectivity index (χ2v) is 3.87. The summed E-state index contributed by atoms with van der Waals surface area (Å²) in [5, 5.41) is 18.1. The molecule has 0 spiro atoms. The lowest BCUT2D eigenvalue weighted by molar-refractivity contribution is 0.112. The van der Waals surface area contributed by atoms with Gasteiger partial charge in [0.15, 0.2) is 0 Å². The van der Waals surface area contributed by atoms with E-state index in [1.807, 2.05) is 0 Å². The topological polar surface area (TPSA) is 44.0 Å². The quantitative estimate of drug-likeness (QED) is 0.699. The van der Waals surface area contributed by atoms with Gasteiger partial charge in [-0.3, -0.25) is 0 Å². The molecule has 2 nitrogen and oxygen atoms in total. The van der Waals surface area contributed by atoms with Crippen molar-refractivity contribution in [3.8, 4) is 6.07 Å². The third-order valence-electron chi connectivity index (χ3n) is 2.83. The van der Waals surface area contributed by atoms with Crippen molar-refractivity contribution in [1.29, 1.82) is 5.26 Å². The number of aliphatic hydroxyl groups excluding tert-OH is 1. The van der Waals surface area contributed by atoms with Gasteiger partial charge in [0.2, 0.25) is 0 Å². The van der Waals surface area contributed by atoms with Crippen molar-refractivity contribution >= 4 is 0 Å². The van der Waals surface area contributed by atoms with Gasteiger partial charge in [-0.2, -0.15) is 5.26 Å². The number of nitrogens with zero attached hydrogens (tertiary/aromatic N) is 1. The van der Waals surface area contributed by atoms with Crippen LogP contribution >= 0.6 is 0 Å². The normalized spacial score (nSPS) is 23.4. The van der Waals surface area contributed by atoms with E-state index in [4.69, 9.17) is 5.26 Å². The van der Waals surface area contributed by atoms with E-state index in [0.717, 1.165) is 6.42 Å². The Kier molecular flexibility index (Phi) is 3.55. The maximum absolute atomic E-state index is 9.56. The molecule has 2 atom stereocenters. The van der Waals surface area contributed by atoms with Crippen LogP contribution in [0.4, 0.5) is 0 Å². The average molecular weight is 167 g/mol. The lowest BCUT2D eigenvalue weighted by atomic mass is 9.94. The highest BCUT2D eigenvalue weighted by Gasteiger charge is 2.21. The van der Waals surface area contributed by atoms with Crippen LogP contribution in [0.15, 0.2) is 0 Å². The highest BCUT2D eigenvalue weighted by molar-refractivity contribution is 4.86. The van der Waals surface area contributed by atoms with E-state index in [2.05, 4.69) is 6.07 Å². The second-order valence-electron chi connectivity index (χ2n) is 3.87. The van der Waals surface area contributed by atoms with Crippen molar-refractivity contribution in [3.05, 3.63) is 0 Å². The Morgan fingerprint density at radius 3 is 2.58 bits per heavy atom. The zero-order chi connectivity index (χ0) is 8.97. The first-order valence-corrected chi connectivity index (χ1v) is 4.81. The number of rotatable bonds is 3. The summed E-state index contributed by atoms with van der Waals surface area (Å²) >= 11 is 0. The summed E-state index contributed by atoms with van der Waals surface area (Å²) in [6.07, 6.45) is 5.52. The Hall–Kier alpha value is -0.550. The average Bonchev–Trinajstić information content (AvgIpc) is 2.55. The molecule has 1 N–H and O–H groups in total. The van der Waals surface area contributed by atoms with E-state index in [-0.39, 0.29) is 5.92 Å². The van der Waals surface area contributed by atoms with E-state index in [1.54, 1.807) is 6.92 Å².